The van der Waals surface area contributed by atoms with E-state index in [0.29, 0.717) is 17.5 Å². The quantitative estimate of drug-likeness (QED) is 0.193. The minimum absolute atomic E-state index is 0.128. The standard InChI is InChI=1S/C36H22N4Se/c1-3-11-24(12-4-1)33-38-34(28-19-18-23-10-7-8-15-26(23)20-28)40-35(39-33)29-17-9-16-27-21-31-32(22-30(27)29)41-36(37-31)25-13-5-2-6-14-25/h1-22H. The molecular formula is C36H22N4Se. The summed E-state index contributed by atoms with van der Waals surface area (Å²) in [4.78, 5) is 20.0. The van der Waals surface area contributed by atoms with Crippen LogP contribution in [-0.2, 0) is 0 Å². The molecule has 5 heteroatoms. The van der Waals surface area contributed by atoms with Crippen LogP contribution in [-0.4, -0.2) is 34.4 Å². The first kappa shape index (κ1) is 23.9. The van der Waals surface area contributed by atoms with Crippen LogP contribution in [0.15, 0.2) is 133 Å². The average Bonchev–Trinajstić information content (AvgIpc) is 3.47. The molecule has 2 aromatic heterocycles. The first-order valence-electron chi connectivity index (χ1n) is 13.5. The van der Waals surface area contributed by atoms with E-state index in [1.54, 1.807) is 0 Å². The number of rotatable bonds is 4. The molecule has 0 amide bonds. The third kappa shape index (κ3) is 4.42. The number of hydrogen-bond acceptors (Lipinski definition) is 4. The van der Waals surface area contributed by atoms with E-state index < -0.39 is 0 Å². The van der Waals surface area contributed by atoms with Crippen LogP contribution >= 0.6 is 0 Å². The molecule has 0 N–H and O–H groups in total. The van der Waals surface area contributed by atoms with Gasteiger partial charge in [0.05, 0.1) is 0 Å². The molecule has 0 aliphatic rings. The zero-order chi connectivity index (χ0) is 27.2. The van der Waals surface area contributed by atoms with Gasteiger partial charge in [0.1, 0.15) is 0 Å². The predicted octanol–water partition coefficient (Wildman–Crippen LogP) is 8.45. The van der Waals surface area contributed by atoms with Crippen LogP contribution in [0.4, 0.5) is 0 Å². The van der Waals surface area contributed by atoms with Crippen LogP contribution in [0.5, 0.6) is 0 Å². The van der Waals surface area contributed by atoms with Gasteiger partial charge in [-0.05, 0) is 0 Å². The molecular weight excluding hydrogens is 567 g/mol. The van der Waals surface area contributed by atoms with E-state index in [2.05, 4.69) is 97.1 Å². The molecule has 192 valence electrons. The van der Waals surface area contributed by atoms with Crippen LogP contribution in [0.2, 0.25) is 0 Å². The summed E-state index contributed by atoms with van der Waals surface area (Å²) >= 11 is 0.128. The van der Waals surface area contributed by atoms with Crippen molar-refractivity contribution in [3.63, 3.8) is 0 Å². The summed E-state index contributed by atoms with van der Waals surface area (Å²) < 4.78 is 2.44. The second-order valence-electron chi connectivity index (χ2n) is 9.97. The summed E-state index contributed by atoms with van der Waals surface area (Å²) in [5, 5.41) is 4.61. The van der Waals surface area contributed by atoms with Crippen molar-refractivity contribution >= 4 is 45.8 Å². The van der Waals surface area contributed by atoms with Crippen LogP contribution < -0.4 is 0 Å². The molecule has 8 rings (SSSR count). The maximum atomic E-state index is 5.07. The summed E-state index contributed by atoms with van der Waals surface area (Å²) in [6.07, 6.45) is 0. The molecule has 41 heavy (non-hydrogen) atoms. The van der Waals surface area contributed by atoms with Gasteiger partial charge in [-0.15, -0.1) is 0 Å². The van der Waals surface area contributed by atoms with E-state index in [4.69, 9.17) is 19.9 Å². The van der Waals surface area contributed by atoms with Gasteiger partial charge >= 0.3 is 237 Å². The predicted molar refractivity (Wildman–Crippen MR) is 169 cm³/mol. The number of benzene rings is 6. The van der Waals surface area contributed by atoms with Crippen molar-refractivity contribution in [3.05, 3.63) is 133 Å². The van der Waals surface area contributed by atoms with Crippen molar-refractivity contribution in [1.82, 2.24) is 19.9 Å². The number of nitrogens with zero attached hydrogens (tertiary/aromatic N) is 4. The fraction of sp³-hybridized carbons (Fsp3) is 0. The van der Waals surface area contributed by atoms with Crippen LogP contribution in [0, 0.1) is 0 Å². The van der Waals surface area contributed by atoms with Gasteiger partial charge in [-0.2, -0.15) is 0 Å². The monoisotopic (exact) mass is 590 g/mol. The summed E-state index contributed by atoms with van der Waals surface area (Å²) in [5.41, 5.74) is 5.18. The molecule has 6 aromatic carbocycles. The number of aromatic nitrogens is 4. The normalized spacial score (nSPS) is 11.4. The maximum absolute atomic E-state index is 5.07. The van der Waals surface area contributed by atoms with E-state index >= 15 is 0 Å². The summed E-state index contributed by atoms with van der Waals surface area (Å²) in [5.74, 6) is 2.00. The number of hydrogen-bond donors (Lipinski definition) is 0. The second kappa shape index (κ2) is 9.90. The van der Waals surface area contributed by atoms with Gasteiger partial charge in [0.25, 0.3) is 0 Å². The molecule has 4 nitrogen and oxygen atoms in total. The third-order valence-electron chi connectivity index (χ3n) is 7.33. The van der Waals surface area contributed by atoms with Crippen molar-refractivity contribution in [2.45, 2.75) is 0 Å². The SMILES string of the molecule is c1ccc(-c2nc(-c3ccc4ccccc4c3)nc(-c3cccc4cc5nc(-c6ccccc6)[se]c5cc34)n2)cc1. The second-order valence-corrected chi connectivity index (χ2v) is 12.1. The molecule has 0 aliphatic heterocycles. The first-order valence-corrected chi connectivity index (χ1v) is 15.2. The molecule has 0 radical (unpaired) electrons. The van der Waals surface area contributed by atoms with Gasteiger partial charge in [-0.3, -0.25) is 0 Å². The van der Waals surface area contributed by atoms with Gasteiger partial charge in [0.15, 0.2) is 0 Å². The van der Waals surface area contributed by atoms with Crippen molar-refractivity contribution in [3.8, 4) is 44.3 Å². The van der Waals surface area contributed by atoms with Crippen molar-refractivity contribution in [2.24, 2.45) is 0 Å². The molecule has 0 bridgehead atoms. The Morgan fingerprint density at radius 2 is 1.07 bits per heavy atom. The van der Waals surface area contributed by atoms with Crippen LogP contribution in [0.1, 0.15) is 0 Å². The Morgan fingerprint density at radius 1 is 0.415 bits per heavy atom. The molecule has 2 heterocycles. The Balaban J connectivity index is 1.33. The Hall–Kier alpha value is -4.96. The van der Waals surface area contributed by atoms with Gasteiger partial charge in [-0.25, -0.2) is 0 Å². The van der Waals surface area contributed by atoms with Crippen molar-refractivity contribution in [1.29, 1.82) is 0 Å². The zero-order valence-corrected chi connectivity index (χ0v) is 23.6. The molecule has 8 aromatic rings. The molecule has 0 saturated carbocycles. The van der Waals surface area contributed by atoms with E-state index in [1.165, 1.54) is 15.2 Å². The Labute approximate surface area is 242 Å². The molecule has 0 spiro atoms. The summed E-state index contributed by atoms with van der Waals surface area (Å²) in [6.45, 7) is 0. The average molecular weight is 590 g/mol. The molecule has 0 unspecified atom stereocenters. The topological polar surface area (TPSA) is 51.6 Å². The van der Waals surface area contributed by atoms with Crippen molar-refractivity contribution in [2.75, 3.05) is 0 Å². The fourth-order valence-electron chi connectivity index (χ4n) is 5.27. The third-order valence-corrected chi connectivity index (χ3v) is 9.56. The van der Waals surface area contributed by atoms with E-state index in [1.807, 2.05) is 36.4 Å². The van der Waals surface area contributed by atoms with Crippen LogP contribution in [0.3, 0.4) is 0 Å². The van der Waals surface area contributed by atoms with E-state index in [-0.39, 0.29) is 14.5 Å². The Kier molecular flexibility index (Phi) is 5.77. The van der Waals surface area contributed by atoms with E-state index in [9.17, 15) is 0 Å². The number of fused-ring (bicyclic) bond motifs is 3. The summed E-state index contributed by atoms with van der Waals surface area (Å²) in [7, 11) is 0. The molecule has 0 fully saturated rings. The van der Waals surface area contributed by atoms with Gasteiger partial charge in [0.2, 0.25) is 0 Å². The minimum atomic E-state index is 0.128. The van der Waals surface area contributed by atoms with E-state index in [0.717, 1.165) is 42.9 Å². The fourth-order valence-corrected chi connectivity index (χ4v) is 7.35. The molecule has 0 aliphatic carbocycles. The molecule has 0 saturated heterocycles. The Morgan fingerprint density at radius 3 is 1.88 bits per heavy atom. The van der Waals surface area contributed by atoms with Gasteiger partial charge < -0.3 is 0 Å². The Bertz CT molecular complexity index is 2210. The zero-order valence-electron chi connectivity index (χ0n) is 21.9. The first-order chi connectivity index (χ1) is 20.3. The van der Waals surface area contributed by atoms with Crippen LogP contribution in [0.25, 0.3) is 75.6 Å². The van der Waals surface area contributed by atoms with Gasteiger partial charge in [-0.1, -0.05) is 6.07 Å². The van der Waals surface area contributed by atoms with Crippen molar-refractivity contribution < 1.29 is 0 Å². The molecule has 0 atom stereocenters. The van der Waals surface area contributed by atoms with Gasteiger partial charge in [0, 0.05) is 0 Å². The summed E-state index contributed by atoms with van der Waals surface area (Å²) in [6, 6.07) is 46.2.